The predicted molar refractivity (Wildman–Crippen MR) is 79.7 cm³/mol. The zero-order valence-electron chi connectivity index (χ0n) is 11.6. The maximum Gasteiger partial charge on any atom is 0.264 e. The fraction of sp³-hybridized carbons (Fsp3) is 0.333. The Balaban J connectivity index is 1.92. The van der Waals surface area contributed by atoms with Crippen molar-refractivity contribution in [1.29, 1.82) is 0 Å². The summed E-state index contributed by atoms with van der Waals surface area (Å²) in [6, 6.07) is 4.54. The first-order chi connectivity index (χ1) is 9.97. The number of primary amides is 1. The number of hydrogen-bond donors (Lipinski definition) is 1. The van der Waals surface area contributed by atoms with Gasteiger partial charge >= 0.3 is 0 Å². The number of carbonyl (C=O) groups excluding carboxylic acids is 2. The fourth-order valence-electron chi connectivity index (χ4n) is 2.72. The number of likely N-dealkylation sites (tertiary alicyclic amines) is 1. The lowest BCUT2D eigenvalue weighted by Crippen LogP contribution is -2.31. The first-order valence-electron chi connectivity index (χ1n) is 6.74. The molecule has 1 fully saturated rings. The molecule has 1 saturated heterocycles. The van der Waals surface area contributed by atoms with Gasteiger partial charge in [0, 0.05) is 17.8 Å². The van der Waals surface area contributed by atoms with Crippen LogP contribution in [0.1, 0.15) is 21.7 Å². The molecule has 0 spiro atoms. The Kier molecular flexibility index (Phi) is 3.41. The van der Waals surface area contributed by atoms with Gasteiger partial charge in [0.1, 0.15) is 5.82 Å². The van der Waals surface area contributed by atoms with E-state index < -0.39 is 0 Å². The summed E-state index contributed by atoms with van der Waals surface area (Å²) in [5, 5.41) is 0.772. The van der Waals surface area contributed by atoms with Gasteiger partial charge in [0.25, 0.3) is 5.91 Å². The molecule has 0 radical (unpaired) electrons. The topological polar surface area (TPSA) is 63.4 Å². The number of aryl methyl sites for hydroxylation is 1. The van der Waals surface area contributed by atoms with Gasteiger partial charge in [0.2, 0.25) is 5.91 Å². The van der Waals surface area contributed by atoms with Gasteiger partial charge in [-0.1, -0.05) is 0 Å². The molecular weight excluding hydrogens is 291 g/mol. The number of nitrogens with zero attached hydrogens (tertiary/aromatic N) is 1. The summed E-state index contributed by atoms with van der Waals surface area (Å²) in [6.45, 7) is 2.73. The van der Waals surface area contributed by atoms with E-state index in [0.29, 0.717) is 24.4 Å². The van der Waals surface area contributed by atoms with Gasteiger partial charge in [0.05, 0.1) is 10.8 Å². The van der Waals surface area contributed by atoms with Crippen molar-refractivity contribution in [2.24, 2.45) is 11.7 Å². The smallest absolute Gasteiger partial charge is 0.264 e. The molecule has 2 aromatic rings. The van der Waals surface area contributed by atoms with Crippen LogP contribution in [0.2, 0.25) is 0 Å². The molecule has 0 bridgehead atoms. The molecule has 1 aromatic heterocycles. The van der Waals surface area contributed by atoms with E-state index in [0.717, 1.165) is 15.6 Å². The highest BCUT2D eigenvalue weighted by atomic mass is 32.1. The van der Waals surface area contributed by atoms with Crippen LogP contribution < -0.4 is 5.73 Å². The molecule has 6 heteroatoms. The molecule has 1 aliphatic heterocycles. The molecule has 0 unspecified atom stereocenters. The largest absolute Gasteiger partial charge is 0.369 e. The fourth-order valence-corrected chi connectivity index (χ4v) is 3.88. The Bertz CT molecular complexity index is 741. The van der Waals surface area contributed by atoms with Gasteiger partial charge in [0.15, 0.2) is 0 Å². The summed E-state index contributed by atoms with van der Waals surface area (Å²) in [4.78, 5) is 26.0. The lowest BCUT2D eigenvalue weighted by atomic mass is 10.1. The van der Waals surface area contributed by atoms with Crippen LogP contribution in [0.4, 0.5) is 4.39 Å². The van der Waals surface area contributed by atoms with Gasteiger partial charge in [-0.05, 0) is 42.5 Å². The Morgan fingerprint density at radius 2 is 2.19 bits per heavy atom. The lowest BCUT2D eigenvalue weighted by molar-refractivity contribution is -0.121. The highest BCUT2D eigenvalue weighted by Gasteiger charge is 2.31. The van der Waals surface area contributed by atoms with E-state index in [-0.39, 0.29) is 23.5 Å². The van der Waals surface area contributed by atoms with Crippen molar-refractivity contribution in [3.05, 3.63) is 34.5 Å². The maximum absolute atomic E-state index is 13.3. The zero-order valence-corrected chi connectivity index (χ0v) is 12.4. The second-order valence-electron chi connectivity index (χ2n) is 5.34. The number of amides is 2. The number of rotatable bonds is 2. The highest BCUT2D eigenvalue weighted by molar-refractivity contribution is 7.21. The molecule has 2 N–H and O–H groups in total. The van der Waals surface area contributed by atoms with Gasteiger partial charge in [-0.25, -0.2) is 4.39 Å². The average molecular weight is 306 g/mol. The minimum atomic E-state index is -0.361. The van der Waals surface area contributed by atoms with Gasteiger partial charge in [-0.15, -0.1) is 11.3 Å². The third kappa shape index (κ3) is 2.40. The Morgan fingerprint density at radius 1 is 1.43 bits per heavy atom. The van der Waals surface area contributed by atoms with E-state index in [1.54, 1.807) is 11.0 Å². The summed E-state index contributed by atoms with van der Waals surface area (Å²) in [5.41, 5.74) is 6.08. The Labute approximate surface area is 125 Å². The van der Waals surface area contributed by atoms with Crippen LogP contribution in [-0.2, 0) is 4.79 Å². The molecule has 1 aromatic carbocycles. The Hall–Kier alpha value is -1.95. The third-order valence-electron chi connectivity index (χ3n) is 3.97. The molecule has 1 aliphatic rings. The highest BCUT2D eigenvalue weighted by Crippen LogP contribution is 2.33. The second-order valence-corrected chi connectivity index (χ2v) is 6.39. The first kappa shape index (κ1) is 14.0. The average Bonchev–Trinajstić information content (AvgIpc) is 3.04. The molecule has 4 nitrogen and oxygen atoms in total. The molecule has 2 heterocycles. The van der Waals surface area contributed by atoms with Crippen molar-refractivity contribution >= 4 is 33.2 Å². The molecule has 0 saturated carbocycles. The molecular formula is C15H15FN2O2S. The predicted octanol–water partition coefficient (Wildman–Crippen LogP) is 2.30. The van der Waals surface area contributed by atoms with Crippen LogP contribution in [0.15, 0.2) is 18.2 Å². The summed E-state index contributed by atoms with van der Waals surface area (Å²) in [5.74, 6) is -1.03. The lowest BCUT2D eigenvalue weighted by Gasteiger charge is -2.15. The number of fused-ring (bicyclic) bond motifs is 1. The first-order valence-corrected chi connectivity index (χ1v) is 7.56. The minimum Gasteiger partial charge on any atom is -0.369 e. The van der Waals surface area contributed by atoms with Crippen LogP contribution in [0.3, 0.4) is 0 Å². The number of benzene rings is 1. The van der Waals surface area contributed by atoms with Crippen LogP contribution >= 0.6 is 11.3 Å². The van der Waals surface area contributed by atoms with Crippen molar-refractivity contribution in [1.82, 2.24) is 4.90 Å². The minimum absolute atomic E-state index is 0.0992. The van der Waals surface area contributed by atoms with Gasteiger partial charge in [-0.3, -0.25) is 9.59 Å². The van der Waals surface area contributed by atoms with Crippen LogP contribution in [-0.4, -0.2) is 29.8 Å². The van der Waals surface area contributed by atoms with Crippen LogP contribution in [0.25, 0.3) is 10.1 Å². The summed E-state index contributed by atoms with van der Waals surface area (Å²) in [6.07, 6.45) is 0.611. The number of hydrogen-bond acceptors (Lipinski definition) is 3. The van der Waals surface area contributed by atoms with Crippen LogP contribution in [0, 0.1) is 18.7 Å². The number of thiophene rings is 1. The SMILES string of the molecule is Cc1c(C(=O)N2CC[C@H](C(N)=O)C2)sc2ccc(F)cc12. The van der Waals surface area contributed by atoms with Crippen molar-refractivity contribution in [2.75, 3.05) is 13.1 Å². The quantitative estimate of drug-likeness (QED) is 0.925. The van der Waals surface area contributed by atoms with E-state index in [4.69, 9.17) is 5.73 Å². The van der Waals surface area contributed by atoms with Crippen molar-refractivity contribution in [3.8, 4) is 0 Å². The summed E-state index contributed by atoms with van der Waals surface area (Å²) >= 11 is 1.36. The number of nitrogens with two attached hydrogens (primary N) is 1. The van der Waals surface area contributed by atoms with E-state index in [1.807, 2.05) is 6.92 Å². The van der Waals surface area contributed by atoms with E-state index in [2.05, 4.69) is 0 Å². The molecule has 2 amide bonds. The van der Waals surface area contributed by atoms with Crippen molar-refractivity contribution in [3.63, 3.8) is 0 Å². The van der Waals surface area contributed by atoms with E-state index in [9.17, 15) is 14.0 Å². The van der Waals surface area contributed by atoms with Gasteiger partial charge < -0.3 is 10.6 Å². The molecule has 110 valence electrons. The normalized spacial score (nSPS) is 18.4. The van der Waals surface area contributed by atoms with Crippen molar-refractivity contribution in [2.45, 2.75) is 13.3 Å². The summed E-state index contributed by atoms with van der Waals surface area (Å²) in [7, 11) is 0. The second kappa shape index (κ2) is 5.11. The summed E-state index contributed by atoms with van der Waals surface area (Å²) < 4.78 is 14.2. The monoisotopic (exact) mass is 306 g/mol. The van der Waals surface area contributed by atoms with E-state index in [1.165, 1.54) is 23.5 Å². The Morgan fingerprint density at radius 3 is 2.86 bits per heavy atom. The van der Waals surface area contributed by atoms with Crippen LogP contribution in [0.5, 0.6) is 0 Å². The van der Waals surface area contributed by atoms with Gasteiger partial charge in [-0.2, -0.15) is 0 Å². The molecule has 3 rings (SSSR count). The third-order valence-corrected chi connectivity index (χ3v) is 5.23. The molecule has 0 aliphatic carbocycles. The van der Waals surface area contributed by atoms with Crippen molar-refractivity contribution < 1.29 is 14.0 Å². The zero-order chi connectivity index (χ0) is 15.1. The standard InChI is InChI=1S/C15H15FN2O2S/c1-8-11-6-10(16)2-3-12(11)21-13(8)15(20)18-5-4-9(7-18)14(17)19/h2-3,6,9H,4-5,7H2,1H3,(H2,17,19)/t9-/m0/s1. The maximum atomic E-state index is 13.3. The number of carbonyl (C=O) groups is 2. The molecule has 21 heavy (non-hydrogen) atoms. The molecule has 1 atom stereocenters. The van der Waals surface area contributed by atoms with E-state index >= 15 is 0 Å². The number of halogens is 1.